The van der Waals surface area contributed by atoms with Gasteiger partial charge in [0.25, 0.3) is 11.8 Å². The first-order valence-electron chi connectivity index (χ1n) is 30.2. The van der Waals surface area contributed by atoms with Gasteiger partial charge in [0.05, 0.1) is 64.5 Å². The molecular formula is C60H79Cl5N14O11S2. The summed E-state index contributed by atoms with van der Waals surface area (Å²) in [4.78, 5) is 65.2. The summed E-state index contributed by atoms with van der Waals surface area (Å²) in [5.41, 5.74) is 1.96. The van der Waals surface area contributed by atoms with Crippen LogP contribution in [0.5, 0.6) is 0 Å². The number of carbonyl (C=O) groups excluding carboxylic acids is 4. The van der Waals surface area contributed by atoms with E-state index in [1.54, 1.807) is 26.4 Å². The van der Waals surface area contributed by atoms with Gasteiger partial charge in [0.2, 0.25) is 20.0 Å². The Bertz CT molecular complexity index is 3850. The van der Waals surface area contributed by atoms with Crippen LogP contribution >= 0.6 is 58.0 Å². The highest BCUT2D eigenvalue weighted by molar-refractivity contribution is 7.92. The zero-order valence-electron chi connectivity index (χ0n) is 52.5. The van der Waals surface area contributed by atoms with E-state index in [0.29, 0.717) is 88.5 Å². The van der Waals surface area contributed by atoms with Crippen molar-refractivity contribution >= 4 is 131 Å². The van der Waals surface area contributed by atoms with Crippen molar-refractivity contribution in [1.29, 1.82) is 0 Å². The molecule has 9 heterocycles. The predicted molar refractivity (Wildman–Crippen MR) is 357 cm³/mol. The quantitative estimate of drug-likeness (QED) is 0.0753. The summed E-state index contributed by atoms with van der Waals surface area (Å²) in [6.45, 7) is 17.0. The number of nitrogens with zero attached hydrogens (tertiary/aromatic N) is 9. The molecule has 0 bridgehead atoms. The van der Waals surface area contributed by atoms with Gasteiger partial charge in [0, 0.05) is 86.3 Å². The summed E-state index contributed by atoms with van der Waals surface area (Å²) in [7, 11) is -7.21. The van der Waals surface area contributed by atoms with Gasteiger partial charge in [0.15, 0.2) is 11.3 Å². The van der Waals surface area contributed by atoms with Crippen molar-refractivity contribution in [3.8, 4) is 0 Å². The van der Waals surface area contributed by atoms with Crippen molar-refractivity contribution in [3.63, 3.8) is 0 Å². The molecule has 92 heavy (non-hydrogen) atoms. The van der Waals surface area contributed by atoms with Crippen LogP contribution in [0.2, 0.25) is 25.5 Å². The maximum atomic E-state index is 13.9. The van der Waals surface area contributed by atoms with E-state index in [0.717, 1.165) is 76.7 Å². The molecule has 0 unspecified atom stereocenters. The van der Waals surface area contributed by atoms with E-state index < -0.39 is 37.3 Å². The summed E-state index contributed by atoms with van der Waals surface area (Å²) in [5.74, 6) is 0.0302. The average molecular weight is 1410 g/mol. The van der Waals surface area contributed by atoms with E-state index in [2.05, 4.69) is 45.4 Å². The zero-order chi connectivity index (χ0) is 66.9. The lowest BCUT2D eigenvalue weighted by Crippen LogP contribution is -2.40. The van der Waals surface area contributed by atoms with Crippen molar-refractivity contribution in [1.82, 2.24) is 54.9 Å². The molecule has 502 valence electrons. The Balaban J connectivity index is 0.000000191. The molecule has 5 aliphatic heterocycles. The smallest absolute Gasteiger partial charge is 0.407 e. The Kier molecular flexibility index (Phi) is 24.1. The number of benzene rings is 2. The predicted octanol–water partition coefficient (Wildman–Crippen LogP) is 11.0. The van der Waals surface area contributed by atoms with Gasteiger partial charge in [-0.1, -0.05) is 58.0 Å². The maximum absolute atomic E-state index is 13.9. The molecule has 4 aromatic heterocycles. The fourth-order valence-corrected chi connectivity index (χ4v) is 13.1. The van der Waals surface area contributed by atoms with Crippen LogP contribution in [0.25, 0.3) is 11.3 Å². The molecule has 11 rings (SSSR count). The molecule has 5 N–H and O–H groups in total. The molecule has 5 aliphatic rings. The summed E-state index contributed by atoms with van der Waals surface area (Å²) < 4.78 is 71.0. The Hall–Kier alpha value is -6.17. The maximum Gasteiger partial charge on any atom is 0.407 e. The van der Waals surface area contributed by atoms with Gasteiger partial charge < -0.3 is 44.9 Å². The van der Waals surface area contributed by atoms with Gasteiger partial charge in [-0.05, 0) is 149 Å². The molecule has 2 aromatic carbocycles. The Morgan fingerprint density at radius 3 is 1.52 bits per heavy atom. The SMILES string of the molecule is C1CCOC1.CC(C)(C)OC(=O)N[C@H]1CCN(c2cc(Cl)nc3cc([C@@H]4CCCCN4C(=O)c4cc(Cl)ccc4NS(C)(=O)=O)nn23)C1.CC(C)(C)OC(=O)N[C@H]1CCNC1.CS(=O)(=O)Nc1ccc(Cl)cc1C(=O)N1CCCC[C@H]1c1cc2nc(Cl)cc(Cl)n2n1. The second-order valence-corrected chi connectivity index (χ2v) is 30.4. The van der Waals surface area contributed by atoms with Crippen LogP contribution in [0.3, 0.4) is 0 Å². The number of amides is 4. The fraction of sp³-hybridized carbons (Fsp3) is 0.533. The van der Waals surface area contributed by atoms with Crippen LogP contribution in [-0.2, 0) is 34.3 Å². The molecule has 4 atom stereocenters. The second kappa shape index (κ2) is 30.9. The minimum atomic E-state index is -3.63. The summed E-state index contributed by atoms with van der Waals surface area (Å²) in [6, 6.07) is 15.2. The van der Waals surface area contributed by atoms with Crippen LogP contribution in [-0.4, -0.2) is 168 Å². The molecule has 4 amide bonds. The van der Waals surface area contributed by atoms with Crippen molar-refractivity contribution in [3.05, 3.63) is 109 Å². The Morgan fingerprint density at radius 1 is 0.587 bits per heavy atom. The molecular weight excluding hydrogens is 1330 g/mol. The van der Waals surface area contributed by atoms with Crippen molar-refractivity contribution < 1.29 is 50.2 Å². The Labute approximate surface area is 561 Å². The first-order chi connectivity index (χ1) is 43.3. The monoisotopic (exact) mass is 1410 g/mol. The van der Waals surface area contributed by atoms with E-state index in [-0.39, 0.29) is 69.7 Å². The number of anilines is 3. The van der Waals surface area contributed by atoms with Gasteiger partial charge in [0.1, 0.15) is 32.5 Å². The number of hydrogen-bond donors (Lipinski definition) is 5. The van der Waals surface area contributed by atoms with Crippen molar-refractivity contribution in [2.45, 2.75) is 141 Å². The van der Waals surface area contributed by atoms with E-state index >= 15 is 0 Å². The lowest BCUT2D eigenvalue weighted by Gasteiger charge is -2.35. The minimum absolute atomic E-state index is 0.120. The summed E-state index contributed by atoms with van der Waals surface area (Å²) in [6.07, 6.45) is 10.3. The van der Waals surface area contributed by atoms with Crippen LogP contribution in [0.15, 0.2) is 60.7 Å². The number of rotatable bonds is 11. The molecule has 6 aromatic rings. The summed E-state index contributed by atoms with van der Waals surface area (Å²) in [5, 5.41) is 19.8. The average Bonchev–Trinajstić information content (AvgIpc) is 1.57. The third-order valence-corrected chi connectivity index (χ3v) is 17.1. The first-order valence-corrected chi connectivity index (χ1v) is 35.9. The highest BCUT2D eigenvalue weighted by atomic mass is 35.5. The number of hydrogen-bond acceptors (Lipinski definition) is 17. The van der Waals surface area contributed by atoms with Crippen LogP contribution in [0.1, 0.15) is 150 Å². The van der Waals surface area contributed by atoms with Crippen molar-refractivity contribution in [2.75, 3.05) is 79.3 Å². The fourth-order valence-electron chi connectivity index (χ4n) is 11.0. The largest absolute Gasteiger partial charge is 0.444 e. The molecule has 0 aliphatic carbocycles. The number of fused-ring (bicyclic) bond motifs is 2. The molecule has 25 nitrogen and oxygen atoms in total. The lowest BCUT2D eigenvalue weighted by molar-refractivity contribution is 0.0497. The van der Waals surface area contributed by atoms with Gasteiger partial charge in [-0.2, -0.15) is 14.7 Å². The van der Waals surface area contributed by atoms with Crippen LogP contribution in [0, 0.1) is 0 Å². The molecule has 5 saturated heterocycles. The number of ether oxygens (including phenoxy) is 3. The molecule has 0 saturated carbocycles. The van der Waals surface area contributed by atoms with E-state index in [4.69, 9.17) is 77.3 Å². The number of carbonyl (C=O) groups is 4. The van der Waals surface area contributed by atoms with Gasteiger partial charge in [-0.15, -0.1) is 0 Å². The van der Waals surface area contributed by atoms with Gasteiger partial charge in [-0.25, -0.2) is 40.9 Å². The standard InChI is InChI=1S/C28H35Cl2N7O5S.C19H18Cl3N5O3S.C9H18N2O2.C4H8O/c1-28(2,3)42-27(39)31-18-10-12-35(16-18)25-15-23(30)32-24-14-21(33-37(24)25)22-7-5-6-11-36(22)26(38)19-13-17(29)8-9-20(19)34-43(4,40)41;1-31(29,30)25-13-6-5-11(20)8-12(13)19(28)26-7-3-2-4-15(26)14-9-18-23-16(21)10-17(22)27(18)24-14;1-9(2,3)13-8(12)11-7-4-5-10-6-7;1-2-4-5-3-1/h8-9,13-15,18,22,34H,5-7,10-12,16H2,1-4H3,(H,31,39);5-6,8-10,15,25H,2-4,7H2,1H3;7,10H,4-6H2,1-3H3,(H,11,12);1-4H2/t18-,22-;15-;7-;/m000./s1. The zero-order valence-corrected chi connectivity index (χ0v) is 57.9. The van der Waals surface area contributed by atoms with E-state index in [9.17, 15) is 36.0 Å². The molecule has 0 spiro atoms. The number of nitrogens with one attached hydrogen (secondary N) is 5. The number of halogens is 5. The molecule has 0 radical (unpaired) electrons. The number of likely N-dealkylation sites (tertiary alicyclic amines) is 2. The van der Waals surface area contributed by atoms with Crippen LogP contribution in [0.4, 0.5) is 26.8 Å². The molecule has 32 heteroatoms. The lowest BCUT2D eigenvalue weighted by atomic mass is 9.98. The number of aromatic nitrogens is 6. The third-order valence-electron chi connectivity index (χ3n) is 14.8. The van der Waals surface area contributed by atoms with E-state index in [1.165, 1.54) is 59.8 Å². The first kappa shape index (κ1) is 71.7. The number of sulfonamides is 2. The summed E-state index contributed by atoms with van der Waals surface area (Å²) >= 11 is 31.0. The minimum Gasteiger partial charge on any atom is -0.444 e. The van der Waals surface area contributed by atoms with Gasteiger partial charge >= 0.3 is 12.2 Å². The van der Waals surface area contributed by atoms with E-state index in [1.807, 2.05) is 47.6 Å². The highest BCUT2D eigenvalue weighted by Crippen LogP contribution is 2.37. The topological polar surface area (TPSA) is 294 Å². The number of alkyl carbamates (subject to hydrolysis) is 2. The second-order valence-electron chi connectivity index (χ2n) is 24.9. The molecule has 5 fully saturated rings. The number of piperidine rings is 2. The van der Waals surface area contributed by atoms with Gasteiger partial charge in [-0.3, -0.25) is 19.0 Å². The highest BCUT2D eigenvalue weighted by Gasteiger charge is 2.36. The van der Waals surface area contributed by atoms with Crippen LogP contribution < -0.4 is 30.3 Å². The normalized spacial score (nSPS) is 19.4. The third kappa shape index (κ3) is 20.7. The Morgan fingerprint density at radius 2 is 1.07 bits per heavy atom. The van der Waals surface area contributed by atoms with Crippen molar-refractivity contribution in [2.24, 2.45) is 0 Å².